The lowest BCUT2D eigenvalue weighted by Gasteiger charge is -2.33. The van der Waals surface area contributed by atoms with Gasteiger partial charge in [-0.05, 0) is 69.5 Å². The van der Waals surface area contributed by atoms with E-state index in [9.17, 15) is 18.4 Å². The van der Waals surface area contributed by atoms with Gasteiger partial charge < -0.3 is 10.6 Å². The molecule has 7 nitrogen and oxygen atoms in total. The molecular formula is C31H43F2N5O2. The van der Waals surface area contributed by atoms with Crippen LogP contribution in [0.5, 0.6) is 0 Å². The molecule has 1 aromatic heterocycles. The van der Waals surface area contributed by atoms with Crippen LogP contribution in [0.1, 0.15) is 99.6 Å². The van der Waals surface area contributed by atoms with Crippen molar-refractivity contribution in [1.29, 1.82) is 0 Å². The number of alkyl halides is 2. The van der Waals surface area contributed by atoms with Gasteiger partial charge >= 0.3 is 0 Å². The highest BCUT2D eigenvalue weighted by molar-refractivity contribution is 5.94. The number of amides is 2. The Balaban J connectivity index is 1.33. The number of halogens is 2. The second-order valence-corrected chi connectivity index (χ2v) is 11.9. The van der Waals surface area contributed by atoms with Crippen LogP contribution in [0.25, 0.3) is 11.3 Å². The summed E-state index contributed by atoms with van der Waals surface area (Å²) in [5.41, 5.74) is 3.58. The largest absolute Gasteiger partial charge is 0.353 e. The molecule has 1 aromatic carbocycles. The smallest absolute Gasteiger partial charge is 0.272 e. The Morgan fingerprint density at radius 1 is 1.10 bits per heavy atom. The van der Waals surface area contributed by atoms with Crippen molar-refractivity contribution in [3.8, 4) is 11.3 Å². The predicted octanol–water partition coefficient (Wildman–Crippen LogP) is 5.51. The average Bonchev–Trinajstić information content (AvgIpc) is 3.59. The predicted molar refractivity (Wildman–Crippen MR) is 151 cm³/mol. The molecule has 1 aliphatic heterocycles. The van der Waals surface area contributed by atoms with Crippen molar-refractivity contribution >= 4 is 11.8 Å². The monoisotopic (exact) mass is 555 g/mol. The average molecular weight is 556 g/mol. The topological polar surface area (TPSA) is 79.3 Å². The molecule has 218 valence electrons. The summed E-state index contributed by atoms with van der Waals surface area (Å²) in [6.07, 6.45) is 9.23. The van der Waals surface area contributed by atoms with E-state index in [1.54, 1.807) is 4.90 Å². The molecule has 0 spiro atoms. The van der Waals surface area contributed by atoms with Crippen molar-refractivity contribution in [3.63, 3.8) is 0 Å². The van der Waals surface area contributed by atoms with Crippen LogP contribution in [0.3, 0.4) is 0 Å². The molecule has 2 N–H and O–H groups in total. The fourth-order valence-electron chi connectivity index (χ4n) is 6.34. The van der Waals surface area contributed by atoms with Crippen LogP contribution in [-0.2, 0) is 11.2 Å². The third-order valence-corrected chi connectivity index (χ3v) is 8.82. The minimum absolute atomic E-state index is 0.0827. The Kier molecular flexibility index (Phi) is 9.18. The van der Waals surface area contributed by atoms with E-state index in [1.807, 2.05) is 22.9 Å². The highest BCUT2D eigenvalue weighted by Crippen LogP contribution is 2.35. The number of likely N-dealkylation sites (tertiary alicyclic amines) is 1. The fourth-order valence-corrected chi connectivity index (χ4v) is 6.34. The number of hydrogen-bond acceptors (Lipinski definition) is 4. The van der Waals surface area contributed by atoms with Crippen LogP contribution in [0.2, 0.25) is 0 Å². The Labute approximate surface area is 236 Å². The number of piperidine rings is 1. The van der Waals surface area contributed by atoms with Crippen LogP contribution in [-0.4, -0.2) is 64.1 Å². The van der Waals surface area contributed by atoms with Gasteiger partial charge in [-0.1, -0.05) is 44.0 Å². The molecule has 9 heteroatoms. The molecule has 2 amide bonds. The molecule has 1 unspecified atom stereocenters. The minimum atomic E-state index is -2.68. The maximum absolute atomic E-state index is 14.0. The fraction of sp³-hybridized carbons (Fsp3) is 0.645. The van der Waals surface area contributed by atoms with E-state index in [4.69, 9.17) is 5.10 Å². The summed E-state index contributed by atoms with van der Waals surface area (Å²) in [5.74, 6) is -3.11. The number of aromatic nitrogens is 2. The molecule has 0 radical (unpaired) electrons. The standard InChI is InChI=1S/C31H43F2N5O2/c1-2-22-9-3-6-14-26(22)28-20-27(36-38(28)25-12-4-5-13-25)30(40)35-24(19-29(39)34-23-10-7-11-23)15-18-37-17-8-16-31(32,33)21-37/h3,6,9,14,20,23-25H,2,4-5,7-8,10-13,15-19,21H2,1H3,(H,34,39)(H,35,40). The first-order chi connectivity index (χ1) is 19.3. The number of nitrogens with one attached hydrogen (secondary N) is 2. The van der Waals surface area contributed by atoms with E-state index in [1.165, 1.54) is 5.56 Å². The van der Waals surface area contributed by atoms with Gasteiger partial charge in [0.25, 0.3) is 11.8 Å². The number of aryl methyl sites for hydroxylation is 1. The van der Waals surface area contributed by atoms with Gasteiger partial charge in [-0.15, -0.1) is 0 Å². The normalized spacial score (nSPS) is 20.7. The molecule has 1 saturated heterocycles. The summed E-state index contributed by atoms with van der Waals surface area (Å²) in [5, 5.41) is 10.9. The van der Waals surface area contributed by atoms with Crippen LogP contribution in [0.4, 0.5) is 8.78 Å². The lowest BCUT2D eigenvalue weighted by atomic mass is 9.93. The van der Waals surface area contributed by atoms with E-state index in [0.29, 0.717) is 31.6 Å². The first-order valence-corrected chi connectivity index (χ1v) is 15.2. The molecule has 5 rings (SSSR count). The van der Waals surface area contributed by atoms with Gasteiger partial charge in [-0.3, -0.25) is 19.2 Å². The highest BCUT2D eigenvalue weighted by atomic mass is 19.3. The number of carbonyl (C=O) groups is 2. The van der Waals surface area contributed by atoms with Crippen molar-refractivity contribution in [2.24, 2.45) is 0 Å². The van der Waals surface area contributed by atoms with E-state index in [-0.39, 0.29) is 43.3 Å². The van der Waals surface area contributed by atoms with Gasteiger partial charge in [0.15, 0.2) is 5.69 Å². The second kappa shape index (κ2) is 12.8. The van der Waals surface area contributed by atoms with E-state index < -0.39 is 12.0 Å². The zero-order valence-corrected chi connectivity index (χ0v) is 23.6. The van der Waals surface area contributed by atoms with Crippen LogP contribution >= 0.6 is 0 Å². The Morgan fingerprint density at radius 3 is 2.58 bits per heavy atom. The Bertz CT molecular complexity index is 1170. The summed E-state index contributed by atoms with van der Waals surface area (Å²) in [6, 6.07) is 10.1. The van der Waals surface area contributed by atoms with Crippen LogP contribution in [0.15, 0.2) is 30.3 Å². The number of carbonyl (C=O) groups excluding carboxylic acids is 2. The van der Waals surface area contributed by atoms with Gasteiger partial charge in [0, 0.05) is 37.0 Å². The molecule has 2 aromatic rings. The molecule has 0 bridgehead atoms. The van der Waals surface area contributed by atoms with Crippen LogP contribution in [0, 0.1) is 0 Å². The van der Waals surface area contributed by atoms with Gasteiger partial charge in [0.05, 0.1) is 18.3 Å². The second-order valence-electron chi connectivity index (χ2n) is 11.9. The molecule has 40 heavy (non-hydrogen) atoms. The molecular weight excluding hydrogens is 512 g/mol. The molecule has 2 saturated carbocycles. The Morgan fingerprint density at radius 2 is 1.88 bits per heavy atom. The van der Waals surface area contributed by atoms with Crippen molar-refractivity contribution in [2.75, 3.05) is 19.6 Å². The number of rotatable bonds is 11. The molecule has 3 aliphatic rings. The number of nitrogens with zero attached hydrogens (tertiary/aromatic N) is 3. The quantitative estimate of drug-likeness (QED) is 0.384. The van der Waals surface area contributed by atoms with Crippen molar-refractivity contribution in [1.82, 2.24) is 25.3 Å². The molecule has 1 atom stereocenters. The van der Waals surface area contributed by atoms with Gasteiger partial charge in [0.1, 0.15) is 0 Å². The maximum Gasteiger partial charge on any atom is 0.272 e. The molecule has 2 aliphatic carbocycles. The SMILES string of the molecule is CCc1ccccc1-c1cc(C(=O)NC(CCN2CCCC(F)(F)C2)CC(=O)NC2CCC2)nn1C1CCCC1. The number of benzene rings is 1. The third kappa shape index (κ3) is 7.09. The zero-order valence-electron chi connectivity index (χ0n) is 23.6. The molecule has 3 fully saturated rings. The summed E-state index contributed by atoms with van der Waals surface area (Å²) in [6.45, 7) is 2.87. The zero-order chi connectivity index (χ0) is 28.1. The molecule has 2 heterocycles. The van der Waals surface area contributed by atoms with E-state index >= 15 is 0 Å². The minimum Gasteiger partial charge on any atom is -0.353 e. The number of hydrogen-bond donors (Lipinski definition) is 2. The van der Waals surface area contributed by atoms with Gasteiger partial charge in [-0.25, -0.2) is 8.78 Å². The summed E-state index contributed by atoms with van der Waals surface area (Å²) < 4.78 is 30.0. The summed E-state index contributed by atoms with van der Waals surface area (Å²) >= 11 is 0. The third-order valence-electron chi connectivity index (χ3n) is 8.82. The lowest BCUT2D eigenvalue weighted by molar-refractivity contribution is -0.122. The van der Waals surface area contributed by atoms with Gasteiger partial charge in [0.2, 0.25) is 5.91 Å². The summed E-state index contributed by atoms with van der Waals surface area (Å²) in [7, 11) is 0. The van der Waals surface area contributed by atoms with Crippen molar-refractivity contribution in [3.05, 3.63) is 41.6 Å². The lowest BCUT2D eigenvalue weighted by Crippen LogP contribution is -2.47. The van der Waals surface area contributed by atoms with E-state index in [2.05, 4.69) is 29.7 Å². The van der Waals surface area contributed by atoms with Crippen LogP contribution < -0.4 is 10.6 Å². The maximum atomic E-state index is 14.0. The van der Waals surface area contributed by atoms with Crippen molar-refractivity contribution in [2.45, 2.75) is 108 Å². The Hall–Kier alpha value is -2.81. The van der Waals surface area contributed by atoms with E-state index in [0.717, 1.165) is 62.6 Å². The van der Waals surface area contributed by atoms with Crippen molar-refractivity contribution < 1.29 is 18.4 Å². The first-order valence-electron chi connectivity index (χ1n) is 15.2. The first kappa shape index (κ1) is 28.7. The summed E-state index contributed by atoms with van der Waals surface area (Å²) in [4.78, 5) is 28.1. The highest BCUT2D eigenvalue weighted by Gasteiger charge is 2.35. The van der Waals surface area contributed by atoms with Gasteiger partial charge in [-0.2, -0.15) is 5.10 Å².